The summed E-state index contributed by atoms with van der Waals surface area (Å²) < 4.78 is 16.5. The summed E-state index contributed by atoms with van der Waals surface area (Å²) in [5.41, 5.74) is 2.55. The summed E-state index contributed by atoms with van der Waals surface area (Å²) >= 11 is 0. The van der Waals surface area contributed by atoms with E-state index in [1.807, 2.05) is 36.9 Å². The first kappa shape index (κ1) is 22.9. The molecule has 1 aliphatic carbocycles. The van der Waals surface area contributed by atoms with Crippen LogP contribution in [-0.2, 0) is 16.2 Å². The lowest BCUT2D eigenvalue weighted by molar-refractivity contribution is -0.133. The number of aromatic nitrogens is 1. The number of nitrogens with zero attached hydrogens (tertiary/aromatic N) is 2. The number of benzene rings is 1. The van der Waals surface area contributed by atoms with Crippen molar-refractivity contribution in [1.82, 2.24) is 15.4 Å². The summed E-state index contributed by atoms with van der Waals surface area (Å²) in [5, 5.41) is 6.98. The third kappa shape index (κ3) is 5.74. The van der Waals surface area contributed by atoms with Gasteiger partial charge in [-0.15, -0.1) is 0 Å². The van der Waals surface area contributed by atoms with Crippen molar-refractivity contribution in [2.45, 2.75) is 52.2 Å². The second-order valence-corrected chi connectivity index (χ2v) is 8.72. The van der Waals surface area contributed by atoms with E-state index in [0.29, 0.717) is 18.1 Å². The number of nitrogens with one attached hydrogen (secondary N) is 1. The van der Waals surface area contributed by atoms with E-state index in [1.54, 1.807) is 13.2 Å². The Kier molecular flexibility index (Phi) is 7.01. The normalized spacial score (nSPS) is 16.8. The highest BCUT2D eigenvalue weighted by Gasteiger charge is 2.35. The highest BCUT2D eigenvalue weighted by Crippen LogP contribution is 2.32. The summed E-state index contributed by atoms with van der Waals surface area (Å²) in [7, 11) is 1.58. The average Bonchev–Trinajstić information content (AvgIpc) is 3.62. The van der Waals surface area contributed by atoms with Crippen LogP contribution in [0.5, 0.6) is 11.5 Å². The molecule has 0 unspecified atom stereocenters. The van der Waals surface area contributed by atoms with Crippen molar-refractivity contribution in [3.8, 4) is 11.5 Å². The molecular formula is C25H31N3O5. The van der Waals surface area contributed by atoms with Crippen LogP contribution in [-0.4, -0.2) is 48.1 Å². The van der Waals surface area contributed by atoms with Crippen molar-refractivity contribution in [2.75, 3.05) is 20.2 Å². The Labute approximate surface area is 193 Å². The zero-order valence-corrected chi connectivity index (χ0v) is 19.4. The minimum atomic E-state index is -0.139. The Morgan fingerprint density at radius 2 is 1.94 bits per heavy atom. The van der Waals surface area contributed by atoms with Crippen LogP contribution < -0.4 is 14.8 Å². The van der Waals surface area contributed by atoms with Gasteiger partial charge >= 0.3 is 0 Å². The average molecular weight is 454 g/mol. The van der Waals surface area contributed by atoms with Gasteiger partial charge in [0.1, 0.15) is 12.4 Å². The van der Waals surface area contributed by atoms with Gasteiger partial charge in [0.05, 0.1) is 18.4 Å². The molecule has 33 heavy (non-hydrogen) atoms. The molecule has 0 spiro atoms. The smallest absolute Gasteiger partial charge is 0.244 e. The number of rotatable bonds is 8. The van der Waals surface area contributed by atoms with Crippen LogP contribution in [0.3, 0.4) is 0 Å². The number of piperidine rings is 1. The number of hydrogen-bond acceptors (Lipinski definition) is 6. The molecule has 0 radical (unpaired) electrons. The van der Waals surface area contributed by atoms with Crippen molar-refractivity contribution in [3.05, 3.63) is 46.9 Å². The van der Waals surface area contributed by atoms with E-state index >= 15 is 0 Å². The lowest BCUT2D eigenvalue weighted by Crippen LogP contribution is -2.46. The fourth-order valence-electron chi connectivity index (χ4n) is 4.02. The second kappa shape index (κ2) is 10.1. The van der Waals surface area contributed by atoms with Crippen molar-refractivity contribution in [3.63, 3.8) is 0 Å². The third-order valence-electron chi connectivity index (χ3n) is 6.25. The molecule has 1 saturated carbocycles. The predicted octanol–water partition coefficient (Wildman–Crippen LogP) is 3.41. The zero-order chi connectivity index (χ0) is 23.4. The largest absolute Gasteiger partial charge is 0.493 e. The van der Waals surface area contributed by atoms with Gasteiger partial charge in [-0.3, -0.25) is 9.59 Å². The van der Waals surface area contributed by atoms with Gasteiger partial charge in [-0.1, -0.05) is 11.2 Å². The molecule has 2 heterocycles. The maximum atomic E-state index is 12.4. The van der Waals surface area contributed by atoms with E-state index in [0.717, 1.165) is 61.4 Å². The number of carbonyl (C=O) groups is 2. The van der Waals surface area contributed by atoms with Crippen LogP contribution in [0.2, 0.25) is 0 Å². The maximum Gasteiger partial charge on any atom is 0.244 e. The van der Waals surface area contributed by atoms with E-state index in [-0.39, 0.29) is 23.8 Å². The molecule has 0 bridgehead atoms. The number of aryl methyl sites for hydroxylation is 2. The van der Waals surface area contributed by atoms with Crippen molar-refractivity contribution >= 4 is 17.9 Å². The zero-order valence-electron chi connectivity index (χ0n) is 19.4. The summed E-state index contributed by atoms with van der Waals surface area (Å²) in [6.07, 6.45) is 6.92. The predicted molar refractivity (Wildman–Crippen MR) is 123 cm³/mol. The molecule has 1 aromatic heterocycles. The molecule has 1 aliphatic heterocycles. The third-order valence-corrected chi connectivity index (χ3v) is 6.25. The monoisotopic (exact) mass is 453 g/mol. The van der Waals surface area contributed by atoms with Crippen LogP contribution in [0.4, 0.5) is 0 Å². The standard InChI is InChI=1S/C25H31N3O5/c1-16-21(17(2)33-27-16)15-32-22-8-4-18(14-23(22)31-3)5-9-24(29)26-20-10-12-28(13-11-20)25(30)19-6-7-19/h4-5,8-9,14,19-20H,6-7,10-13,15H2,1-3H3,(H,26,29)/b9-5+. The fourth-order valence-corrected chi connectivity index (χ4v) is 4.02. The number of carbonyl (C=O) groups excluding carboxylic acids is 2. The quantitative estimate of drug-likeness (QED) is 0.616. The Morgan fingerprint density at radius 3 is 2.58 bits per heavy atom. The summed E-state index contributed by atoms with van der Waals surface area (Å²) in [6.45, 7) is 5.50. The molecule has 4 rings (SSSR count). The van der Waals surface area contributed by atoms with E-state index in [1.165, 1.54) is 6.08 Å². The highest BCUT2D eigenvalue weighted by molar-refractivity contribution is 5.92. The summed E-state index contributed by atoms with van der Waals surface area (Å²) in [4.78, 5) is 26.5. The van der Waals surface area contributed by atoms with Crippen LogP contribution in [0.15, 0.2) is 28.8 Å². The van der Waals surface area contributed by atoms with E-state index in [4.69, 9.17) is 14.0 Å². The molecule has 2 fully saturated rings. The molecule has 0 atom stereocenters. The van der Waals surface area contributed by atoms with Gasteiger partial charge in [0, 0.05) is 31.1 Å². The molecule has 8 heteroatoms. The number of hydrogen-bond donors (Lipinski definition) is 1. The fraction of sp³-hybridized carbons (Fsp3) is 0.480. The minimum Gasteiger partial charge on any atom is -0.493 e. The first-order valence-corrected chi connectivity index (χ1v) is 11.4. The molecule has 2 aliphatic rings. The first-order chi connectivity index (χ1) is 15.9. The summed E-state index contributed by atoms with van der Waals surface area (Å²) in [6, 6.07) is 5.62. The Hall–Kier alpha value is -3.29. The van der Waals surface area contributed by atoms with E-state index < -0.39 is 0 Å². The Morgan fingerprint density at radius 1 is 1.18 bits per heavy atom. The van der Waals surface area contributed by atoms with E-state index in [9.17, 15) is 9.59 Å². The first-order valence-electron chi connectivity index (χ1n) is 11.4. The topological polar surface area (TPSA) is 93.9 Å². The van der Waals surface area contributed by atoms with Gasteiger partial charge in [-0.2, -0.15) is 0 Å². The molecule has 8 nitrogen and oxygen atoms in total. The summed E-state index contributed by atoms with van der Waals surface area (Å²) in [5.74, 6) is 2.32. The molecule has 1 aromatic carbocycles. The Bertz CT molecular complexity index is 1010. The molecule has 1 saturated heterocycles. The minimum absolute atomic E-state index is 0.0973. The number of amides is 2. The number of ether oxygens (including phenoxy) is 2. The molecule has 2 aromatic rings. The molecule has 2 amide bonds. The second-order valence-electron chi connectivity index (χ2n) is 8.72. The van der Waals surface area contributed by atoms with Crippen LogP contribution in [0.1, 0.15) is 48.3 Å². The number of methoxy groups -OCH3 is 1. The van der Waals surface area contributed by atoms with Crippen LogP contribution >= 0.6 is 0 Å². The van der Waals surface area contributed by atoms with Crippen LogP contribution in [0, 0.1) is 19.8 Å². The van der Waals surface area contributed by atoms with Crippen molar-refractivity contribution < 1.29 is 23.6 Å². The number of likely N-dealkylation sites (tertiary alicyclic amines) is 1. The van der Waals surface area contributed by atoms with E-state index in [2.05, 4.69) is 10.5 Å². The van der Waals surface area contributed by atoms with Crippen LogP contribution in [0.25, 0.3) is 6.08 Å². The lowest BCUT2D eigenvalue weighted by atomic mass is 10.0. The van der Waals surface area contributed by atoms with Gasteiger partial charge in [0.2, 0.25) is 11.8 Å². The molecule has 176 valence electrons. The van der Waals surface area contributed by atoms with Crippen molar-refractivity contribution in [2.24, 2.45) is 5.92 Å². The highest BCUT2D eigenvalue weighted by atomic mass is 16.5. The van der Waals surface area contributed by atoms with Gasteiger partial charge in [0.15, 0.2) is 11.5 Å². The van der Waals surface area contributed by atoms with Gasteiger partial charge in [-0.25, -0.2) is 0 Å². The van der Waals surface area contributed by atoms with Gasteiger partial charge in [-0.05, 0) is 63.3 Å². The van der Waals surface area contributed by atoms with Gasteiger partial charge in [0.25, 0.3) is 0 Å². The van der Waals surface area contributed by atoms with Gasteiger partial charge < -0.3 is 24.2 Å². The lowest BCUT2D eigenvalue weighted by Gasteiger charge is -2.32. The Balaban J connectivity index is 1.28. The molecular weight excluding hydrogens is 422 g/mol. The molecule has 1 N–H and O–H groups in total. The van der Waals surface area contributed by atoms with Crippen molar-refractivity contribution in [1.29, 1.82) is 0 Å². The SMILES string of the molecule is COc1cc(/C=C/C(=O)NC2CCN(C(=O)C3CC3)CC2)ccc1OCc1c(C)noc1C. The maximum absolute atomic E-state index is 12.4.